The summed E-state index contributed by atoms with van der Waals surface area (Å²) < 4.78 is 10.8. The van der Waals surface area contributed by atoms with Crippen molar-refractivity contribution in [1.82, 2.24) is 0 Å². The summed E-state index contributed by atoms with van der Waals surface area (Å²) in [5.74, 6) is 1.02. The van der Waals surface area contributed by atoms with E-state index in [2.05, 4.69) is 10.6 Å². The SMILES string of the molecule is COc1ccc(NC(=O)c2ccc(NC(=O)[C@@H]3Cc4ccccc4O3)cc2)cc1. The molecule has 2 N–H and O–H groups in total. The Kier molecular flexibility index (Phi) is 5.16. The highest BCUT2D eigenvalue weighted by molar-refractivity contribution is 6.04. The number of hydrogen-bond acceptors (Lipinski definition) is 4. The van der Waals surface area contributed by atoms with Crippen molar-refractivity contribution in [1.29, 1.82) is 0 Å². The standard InChI is InChI=1S/C23H20N2O4/c1-28-19-12-10-18(11-13-19)24-22(26)15-6-8-17(9-7-15)25-23(27)21-14-16-4-2-3-5-20(16)29-21/h2-13,21H,14H2,1H3,(H,24,26)(H,25,27)/t21-/m0/s1. The Morgan fingerprint density at radius 2 is 1.55 bits per heavy atom. The van der Waals surface area contributed by atoms with Crippen molar-refractivity contribution in [3.63, 3.8) is 0 Å². The van der Waals surface area contributed by atoms with Gasteiger partial charge in [0.2, 0.25) is 0 Å². The zero-order valence-corrected chi connectivity index (χ0v) is 15.8. The molecule has 0 aliphatic carbocycles. The highest BCUT2D eigenvalue weighted by Crippen LogP contribution is 2.28. The summed E-state index contributed by atoms with van der Waals surface area (Å²) >= 11 is 0. The first-order valence-electron chi connectivity index (χ1n) is 9.23. The van der Waals surface area contributed by atoms with E-state index in [0.717, 1.165) is 17.1 Å². The fourth-order valence-corrected chi connectivity index (χ4v) is 3.13. The van der Waals surface area contributed by atoms with E-state index in [0.29, 0.717) is 23.4 Å². The first-order chi connectivity index (χ1) is 14.1. The fraction of sp³-hybridized carbons (Fsp3) is 0.130. The number of ether oxygens (including phenoxy) is 2. The summed E-state index contributed by atoms with van der Waals surface area (Å²) in [5.41, 5.74) is 2.79. The van der Waals surface area contributed by atoms with Crippen LogP contribution in [-0.4, -0.2) is 25.0 Å². The van der Waals surface area contributed by atoms with Crippen LogP contribution in [0.3, 0.4) is 0 Å². The largest absolute Gasteiger partial charge is 0.497 e. The van der Waals surface area contributed by atoms with Gasteiger partial charge in [0.1, 0.15) is 11.5 Å². The van der Waals surface area contributed by atoms with Gasteiger partial charge in [0.25, 0.3) is 11.8 Å². The molecular formula is C23H20N2O4. The lowest BCUT2D eigenvalue weighted by Crippen LogP contribution is -2.31. The average Bonchev–Trinajstić information content (AvgIpc) is 3.19. The van der Waals surface area contributed by atoms with Crippen LogP contribution < -0.4 is 20.1 Å². The molecule has 6 heteroatoms. The van der Waals surface area contributed by atoms with Crippen molar-refractivity contribution in [3.8, 4) is 11.5 Å². The molecule has 0 spiro atoms. The predicted molar refractivity (Wildman–Crippen MR) is 111 cm³/mol. The van der Waals surface area contributed by atoms with Crippen molar-refractivity contribution < 1.29 is 19.1 Å². The van der Waals surface area contributed by atoms with Gasteiger partial charge in [0.05, 0.1) is 7.11 Å². The third-order valence-corrected chi connectivity index (χ3v) is 4.70. The summed E-state index contributed by atoms with van der Waals surface area (Å²) in [6.45, 7) is 0. The van der Waals surface area contributed by atoms with E-state index in [-0.39, 0.29) is 11.8 Å². The van der Waals surface area contributed by atoms with Gasteiger partial charge >= 0.3 is 0 Å². The molecule has 4 rings (SSSR count). The molecular weight excluding hydrogens is 368 g/mol. The lowest BCUT2D eigenvalue weighted by Gasteiger charge is -2.12. The van der Waals surface area contributed by atoms with Crippen LogP contribution in [0.25, 0.3) is 0 Å². The first kappa shape index (κ1) is 18.6. The Morgan fingerprint density at radius 1 is 0.897 bits per heavy atom. The molecule has 2 amide bonds. The number of rotatable bonds is 5. The van der Waals surface area contributed by atoms with E-state index in [9.17, 15) is 9.59 Å². The lowest BCUT2D eigenvalue weighted by molar-refractivity contribution is -0.122. The van der Waals surface area contributed by atoms with E-state index < -0.39 is 6.10 Å². The topological polar surface area (TPSA) is 76.7 Å². The molecule has 1 atom stereocenters. The van der Waals surface area contributed by atoms with Gasteiger partial charge in [-0.1, -0.05) is 18.2 Å². The van der Waals surface area contributed by atoms with Crippen molar-refractivity contribution in [3.05, 3.63) is 83.9 Å². The third kappa shape index (κ3) is 4.21. The molecule has 0 fully saturated rings. The Morgan fingerprint density at radius 3 is 2.24 bits per heavy atom. The second-order valence-electron chi connectivity index (χ2n) is 6.67. The van der Waals surface area contributed by atoms with E-state index in [1.54, 1.807) is 55.6 Å². The molecule has 0 aromatic heterocycles. The van der Waals surface area contributed by atoms with Crippen LogP contribution in [0.2, 0.25) is 0 Å². The van der Waals surface area contributed by atoms with Crippen LogP contribution in [-0.2, 0) is 11.2 Å². The zero-order chi connectivity index (χ0) is 20.2. The number of anilines is 2. The third-order valence-electron chi connectivity index (χ3n) is 4.70. The van der Waals surface area contributed by atoms with Gasteiger partial charge in [-0.3, -0.25) is 9.59 Å². The van der Waals surface area contributed by atoms with Crippen LogP contribution >= 0.6 is 0 Å². The molecule has 6 nitrogen and oxygen atoms in total. The highest BCUT2D eigenvalue weighted by Gasteiger charge is 2.28. The zero-order valence-electron chi connectivity index (χ0n) is 15.8. The maximum atomic E-state index is 12.5. The quantitative estimate of drug-likeness (QED) is 0.695. The molecule has 3 aromatic rings. The molecule has 0 radical (unpaired) electrons. The first-order valence-corrected chi connectivity index (χ1v) is 9.23. The maximum Gasteiger partial charge on any atom is 0.265 e. The molecule has 29 heavy (non-hydrogen) atoms. The highest BCUT2D eigenvalue weighted by atomic mass is 16.5. The van der Waals surface area contributed by atoms with Crippen LogP contribution in [0.4, 0.5) is 11.4 Å². The summed E-state index contributed by atoms with van der Waals surface area (Å²) in [6.07, 6.45) is -0.00452. The van der Waals surface area contributed by atoms with Crippen molar-refractivity contribution in [2.45, 2.75) is 12.5 Å². The minimum absolute atomic E-state index is 0.211. The van der Waals surface area contributed by atoms with E-state index in [1.807, 2.05) is 24.3 Å². The van der Waals surface area contributed by atoms with Gasteiger partial charge in [-0.15, -0.1) is 0 Å². The second-order valence-corrected chi connectivity index (χ2v) is 6.67. The van der Waals surface area contributed by atoms with E-state index in [1.165, 1.54) is 0 Å². The number of fused-ring (bicyclic) bond motifs is 1. The normalized spacial score (nSPS) is 14.4. The van der Waals surface area contributed by atoms with Crippen molar-refractivity contribution in [2.75, 3.05) is 17.7 Å². The smallest absolute Gasteiger partial charge is 0.265 e. The van der Waals surface area contributed by atoms with Crippen molar-refractivity contribution >= 4 is 23.2 Å². The Bertz CT molecular complexity index is 1000. The molecule has 0 saturated heterocycles. The number of amides is 2. The summed E-state index contributed by atoms with van der Waals surface area (Å²) in [7, 11) is 1.59. The maximum absolute atomic E-state index is 12.5. The van der Waals surface area contributed by atoms with Crippen LogP contribution in [0, 0.1) is 0 Å². The Hall–Kier alpha value is -3.80. The summed E-state index contributed by atoms with van der Waals surface area (Å²) in [6, 6.07) is 21.4. The second kappa shape index (κ2) is 8.06. The summed E-state index contributed by atoms with van der Waals surface area (Å²) in [4.78, 5) is 24.9. The molecule has 1 aliphatic rings. The van der Waals surface area contributed by atoms with Gasteiger partial charge < -0.3 is 20.1 Å². The Labute approximate surface area is 168 Å². The monoisotopic (exact) mass is 388 g/mol. The van der Waals surface area contributed by atoms with E-state index in [4.69, 9.17) is 9.47 Å². The molecule has 0 saturated carbocycles. The number of nitrogens with one attached hydrogen (secondary N) is 2. The minimum Gasteiger partial charge on any atom is -0.497 e. The fourth-order valence-electron chi connectivity index (χ4n) is 3.13. The molecule has 3 aromatic carbocycles. The van der Waals surface area contributed by atoms with Gasteiger partial charge in [0, 0.05) is 23.4 Å². The van der Waals surface area contributed by atoms with E-state index >= 15 is 0 Å². The number of benzene rings is 3. The minimum atomic E-state index is -0.551. The van der Waals surface area contributed by atoms with Crippen LogP contribution in [0.15, 0.2) is 72.8 Å². The summed E-state index contributed by atoms with van der Waals surface area (Å²) in [5, 5.41) is 5.66. The van der Waals surface area contributed by atoms with Crippen LogP contribution in [0.5, 0.6) is 11.5 Å². The average molecular weight is 388 g/mol. The van der Waals surface area contributed by atoms with Crippen molar-refractivity contribution in [2.24, 2.45) is 0 Å². The molecule has 0 bridgehead atoms. The molecule has 0 unspecified atom stereocenters. The number of carbonyl (C=O) groups is 2. The number of carbonyl (C=O) groups excluding carboxylic acids is 2. The van der Waals surface area contributed by atoms with Crippen LogP contribution in [0.1, 0.15) is 15.9 Å². The molecule has 146 valence electrons. The molecule has 1 heterocycles. The van der Waals surface area contributed by atoms with Gasteiger partial charge in [-0.25, -0.2) is 0 Å². The Balaban J connectivity index is 1.35. The number of methoxy groups -OCH3 is 1. The number of para-hydroxylation sites is 1. The van der Waals surface area contributed by atoms with Gasteiger partial charge in [-0.05, 0) is 60.2 Å². The molecule has 1 aliphatic heterocycles. The van der Waals surface area contributed by atoms with Gasteiger partial charge in [-0.2, -0.15) is 0 Å². The lowest BCUT2D eigenvalue weighted by atomic mass is 10.1. The van der Waals surface area contributed by atoms with Gasteiger partial charge in [0.15, 0.2) is 6.10 Å². The predicted octanol–water partition coefficient (Wildman–Crippen LogP) is 3.89. The number of hydrogen-bond donors (Lipinski definition) is 2.